The number of hydrogen-bond donors (Lipinski definition) is 2. The van der Waals surface area contributed by atoms with Gasteiger partial charge in [0.25, 0.3) is 0 Å². The van der Waals surface area contributed by atoms with Crippen LogP contribution in [0.25, 0.3) is 0 Å². The van der Waals surface area contributed by atoms with Crippen LogP contribution in [0.2, 0.25) is 0 Å². The van der Waals surface area contributed by atoms with Crippen molar-refractivity contribution in [3.05, 3.63) is 23.9 Å². The zero-order valence-corrected chi connectivity index (χ0v) is 7.98. The van der Waals surface area contributed by atoms with Gasteiger partial charge in [0, 0.05) is 12.2 Å². The van der Waals surface area contributed by atoms with Crippen LogP contribution in [0.15, 0.2) is 18.3 Å². The first-order chi connectivity index (χ1) is 7.16. The number of carbonyl (C=O) groups is 1. The number of carboxylic acid groups (broad SMARTS) is 1. The summed E-state index contributed by atoms with van der Waals surface area (Å²) >= 11 is 0. The molecule has 2 N–H and O–H groups in total. The Morgan fingerprint density at radius 3 is 2.93 bits per heavy atom. The highest BCUT2D eigenvalue weighted by Crippen LogP contribution is 2.27. The number of nitrogens with zero attached hydrogens (tertiary/aromatic N) is 1. The summed E-state index contributed by atoms with van der Waals surface area (Å²) in [7, 11) is 0. The highest BCUT2D eigenvalue weighted by Gasteiger charge is 2.29. The van der Waals surface area contributed by atoms with Crippen LogP contribution in [-0.2, 0) is 0 Å². The fourth-order valence-corrected chi connectivity index (χ4v) is 1.55. The molecule has 0 amide bonds. The summed E-state index contributed by atoms with van der Waals surface area (Å²) in [6.45, 7) is 0. The average molecular weight is 210 g/mol. The van der Waals surface area contributed by atoms with Gasteiger partial charge in [0.15, 0.2) is 0 Å². The number of halogens is 1. The zero-order chi connectivity index (χ0) is 10.8. The van der Waals surface area contributed by atoms with Crippen LogP contribution >= 0.6 is 0 Å². The lowest BCUT2D eigenvalue weighted by Gasteiger charge is -2.31. The molecule has 80 valence electrons. The van der Waals surface area contributed by atoms with Crippen LogP contribution in [0.4, 0.5) is 10.2 Å². The molecule has 1 aliphatic carbocycles. The van der Waals surface area contributed by atoms with Gasteiger partial charge in [-0.05, 0) is 25.0 Å². The molecule has 1 aromatic heterocycles. The number of carboxylic acids is 1. The van der Waals surface area contributed by atoms with E-state index in [4.69, 9.17) is 5.11 Å². The van der Waals surface area contributed by atoms with Gasteiger partial charge in [-0.2, -0.15) is 0 Å². The van der Waals surface area contributed by atoms with Gasteiger partial charge >= 0.3 is 5.97 Å². The minimum absolute atomic E-state index is 0.00741. The van der Waals surface area contributed by atoms with Gasteiger partial charge in [0.05, 0.1) is 0 Å². The van der Waals surface area contributed by atoms with E-state index in [1.54, 1.807) is 6.07 Å². The third-order valence-corrected chi connectivity index (χ3v) is 2.46. The quantitative estimate of drug-likeness (QED) is 0.796. The normalized spacial score (nSPS) is 24.3. The standard InChI is InChI=1S/C10H11FN2O2/c11-6-4-7(5-6)13-9-8(10(14)15)2-1-3-12-9/h1-3,6-7H,4-5H2,(H,12,13)(H,14,15). The number of alkyl halides is 1. The number of rotatable bonds is 3. The van der Waals surface area contributed by atoms with E-state index in [2.05, 4.69) is 10.3 Å². The number of pyridine rings is 1. The minimum atomic E-state index is -1.03. The van der Waals surface area contributed by atoms with Gasteiger partial charge in [-0.3, -0.25) is 0 Å². The van der Waals surface area contributed by atoms with E-state index in [1.165, 1.54) is 12.3 Å². The Labute approximate surface area is 86.1 Å². The summed E-state index contributed by atoms with van der Waals surface area (Å²) in [5.41, 5.74) is 0.125. The maximum atomic E-state index is 12.6. The Morgan fingerprint density at radius 2 is 2.33 bits per heavy atom. The fourth-order valence-electron chi connectivity index (χ4n) is 1.55. The first-order valence-electron chi connectivity index (χ1n) is 4.75. The van der Waals surface area contributed by atoms with Crippen molar-refractivity contribution >= 4 is 11.8 Å². The summed E-state index contributed by atoms with van der Waals surface area (Å²) in [5, 5.41) is 11.8. The van der Waals surface area contributed by atoms with Crippen molar-refractivity contribution in [2.45, 2.75) is 25.1 Å². The molecule has 0 unspecified atom stereocenters. The fraction of sp³-hybridized carbons (Fsp3) is 0.400. The lowest BCUT2D eigenvalue weighted by molar-refractivity contribution is 0.0697. The van der Waals surface area contributed by atoms with Gasteiger partial charge in [0.1, 0.15) is 17.6 Å². The lowest BCUT2D eigenvalue weighted by atomic mass is 9.91. The Balaban J connectivity index is 2.10. The summed E-state index contributed by atoms with van der Waals surface area (Å²) in [5.74, 6) is -0.705. The van der Waals surface area contributed by atoms with Crippen LogP contribution < -0.4 is 5.32 Å². The maximum Gasteiger partial charge on any atom is 0.339 e. The summed E-state index contributed by atoms with van der Waals surface area (Å²) < 4.78 is 12.6. The van der Waals surface area contributed by atoms with Crippen LogP contribution in [-0.4, -0.2) is 28.3 Å². The molecule has 0 radical (unpaired) electrons. The molecule has 0 bridgehead atoms. The Bertz CT molecular complexity index is 377. The summed E-state index contributed by atoms with van der Waals surface area (Å²) in [6, 6.07) is 3.05. The third-order valence-electron chi connectivity index (χ3n) is 2.46. The average Bonchev–Trinajstić information content (AvgIpc) is 2.16. The van der Waals surface area contributed by atoms with E-state index in [-0.39, 0.29) is 11.6 Å². The number of anilines is 1. The maximum absolute atomic E-state index is 12.6. The highest BCUT2D eigenvalue weighted by atomic mass is 19.1. The van der Waals surface area contributed by atoms with E-state index in [1.807, 2.05) is 0 Å². The topological polar surface area (TPSA) is 62.2 Å². The molecular formula is C10H11FN2O2. The van der Waals surface area contributed by atoms with Gasteiger partial charge < -0.3 is 10.4 Å². The van der Waals surface area contributed by atoms with E-state index in [0.29, 0.717) is 18.7 Å². The van der Waals surface area contributed by atoms with E-state index in [9.17, 15) is 9.18 Å². The van der Waals surface area contributed by atoms with Crippen molar-refractivity contribution in [3.8, 4) is 0 Å². The number of aromatic nitrogens is 1. The molecule has 4 nitrogen and oxygen atoms in total. The Kier molecular flexibility index (Phi) is 2.53. The van der Waals surface area contributed by atoms with Gasteiger partial charge in [-0.25, -0.2) is 14.2 Å². The second kappa shape index (κ2) is 3.84. The smallest absolute Gasteiger partial charge is 0.339 e. The molecule has 0 spiro atoms. The summed E-state index contributed by atoms with van der Waals surface area (Å²) in [6.07, 6.45) is 1.60. The molecular weight excluding hydrogens is 199 g/mol. The Hall–Kier alpha value is -1.65. The van der Waals surface area contributed by atoms with Crippen LogP contribution in [0, 0.1) is 0 Å². The SMILES string of the molecule is O=C(O)c1cccnc1NC1CC(F)C1. The third kappa shape index (κ3) is 2.06. The van der Waals surface area contributed by atoms with Gasteiger partial charge in [-0.15, -0.1) is 0 Å². The van der Waals surface area contributed by atoms with Crippen molar-refractivity contribution in [2.24, 2.45) is 0 Å². The van der Waals surface area contributed by atoms with E-state index < -0.39 is 12.1 Å². The van der Waals surface area contributed by atoms with Crippen molar-refractivity contribution in [1.82, 2.24) is 4.98 Å². The Morgan fingerprint density at radius 1 is 1.60 bits per heavy atom. The van der Waals surface area contributed by atoms with Crippen LogP contribution in [0.3, 0.4) is 0 Å². The lowest BCUT2D eigenvalue weighted by Crippen LogP contribution is -2.37. The number of aromatic carboxylic acids is 1. The van der Waals surface area contributed by atoms with Gasteiger partial charge in [-0.1, -0.05) is 0 Å². The summed E-state index contributed by atoms with van der Waals surface area (Å²) in [4.78, 5) is 14.8. The largest absolute Gasteiger partial charge is 0.478 e. The molecule has 0 aliphatic heterocycles. The molecule has 0 atom stereocenters. The van der Waals surface area contributed by atoms with Gasteiger partial charge in [0.2, 0.25) is 0 Å². The second-order valence-corrected chi connectivity index (χ2v) is 3.61. The first kappa shape index (κ1) is 9.89. The molecule has 1 saturated carbocycles. The predicted molar refractivity (Wildman–Crippen MR) is 52.7 cm³/mol. The van der Waals surface area contributed by atoms with Crippen molar-refractivity contribution in [1.29, 1.82) is 0 Å². The van der Waals surface area contributed by atoms with Crippen LogP contribution in [0.1, 0.15) is 23.2 Å². The zero-order valence-electron chi connectivity index (χ0n) is 7.98. The van der Waals surface area contributed by atoms with E-state index >= 15 is 0 Å². The number of nitrogens with one attached hydrogen (secondary N) is 1. The predicted octanol–water partition coefficient (Wildman–Crippen LogP) is 1.69. The minimum Gasteiger partial charge on any atom is -0.478 e. The van der Waals surface area contributed by atoms with Crippen molar-refractivity contribution in [2.75, 3.05) is 5.32 Å². The highest BCUT2D eigenvalue weighted by molar-refractivity contribution is 5.93. The molecule has 1 aliphatic rings. The molecule has 1 fully saturated rings. The first-order valence-corrected chi connectivity index (χ1v) is 4.75. The molecule has 0 aromatic carbocycles. The molecule has 15 heavy (non-hydrogen) atoms. The van der Waals surface area contributed by atoms with E-state index in [0.717, 1.165) is 0 Å². The molecule has 1 heterocycles. The van der Waals surface area contributed by atoms with Crippen LogP contribution in [0.5, 0.6) is 0 Å². The monoisotopic (exact) mass is 210 g/mol. The molecule has 0 saturated heterocycles. The molecule has 2 rings (SSSR count). The molecule has 1 aromatic rings. The number of hydrogen-bond acceptors (Lipinski definition) is 3. The molecule has 5 heteroatoms. The van der Waals surface area contributed by atoms with Crippen molar-refractivity contribution in [3.63, 3.8) is 0 Å². The second-order valence-electron chi connectivity index (χ2n) is 3.61. The van der Waals surface area contributed by atoms with Crippen molar-refractivity contribution < 1.29 is 14.3 Å².